The van der Waals surface area contributed by atoms with E-state index < -0.39 is 0 Å². The first-order chi connectivity index (χ1) is 10.7. The van der Waals surface area contributed by atoms with E-state index in [1.54, 1.807) is 0 Å². The Balaban J connectivity index is 0.00000102. The van der Waals surface area contributed by atoms with Gasteiger partial charge in [0, 0.05) is 11.0 Å². The van der Waals surface area contributed by atoms with Crippen LogP contribution in [0.1, 0.15) is 64.7 Å². The minimum Gasteiger partial charge on any atom is -0.373 e. The second kappa shape index (κ2) is 13.1. The van der Waals surface area contributed by atoms with E-state index in [1.807, 2.05) is 27.7 Å². The van der Waals surface area contributed by atoms with Crippen LogP contribution in [-0.2, 0) is 11.2 Å². The number of benzene rings is 1. The molecule has 0 fully saturated rings. The van der Waals surface area contributed by atoms with E-state index in [0.717, 1.165) is 26.0 Å². The quantitative estimate of drug-likeness (QED) is 0.643. The van der Waals surface area contributed by atoms with Gasteiger partial charge in [0.05, 0.1) is 12.7 Å². The molecule has 2 rings (SSSR count). The summed E-state index contributed by atoms with van der Waals surface area (Å²) in [6, 6.07) is 6.57. The van der Waals surface area contributed by atoms with Gasteiger partial charge in [-0.3, -0.25) is 0 Å². The molecule has 22 heavy (non-hydrogen) atoms. The molecule has 1 aromatic carbocycles. The summed E-state index contributed by atoms with van der Waals surface area (Å²) in [5.41, 5.74) is 2.83. The molecule has 2 nitrogen and oxygen atoms in total. The fraction of sp³-hybridized carbons (Fsp3) is 0.684. The fourth-order valence-corrected chi connectivity index (χ4v) is 2.98. The zero-order valence-electron chi connectivity index (χ0n) is 15.3. The van der Waals surface area contributed by atoms with Crippen LogP contribution in [0, 0.1) is 0 Å². The lowest BCUT2D eigenvalue weighted by Crippen LogP contribution is -2.25. The third kappa shape index (κ3) is 7.26. The predicted octanol–water partition coefficient (Wildman–Crippen LogP) is 5.85. The zero-order chi connectivity index (χ0) is 17.0. The molecule has 0 N–H and O–H groups in total. The SMILES string of the molecule is CC.CC.CCCN(C)CCC1OCCc2cc(Br)ccc21. The first kappa shape index (κ1) is 21.6. The average molecular weight is 372 g/mol. The Labute approximate surface area is 146 Å². The van der Waals surface area contributed by atoms with E-state index in [9.17, 15) is 0 Å². The normalized spacial score (nSPS) is 16.1. The largest absolute Gasteiger partial charge is 0.373 e. The van der Waals surface area contributed by atoms with Gasteiger partial charge in [-0.1, -0.05) is 56.6 Å². The second-order valence-electron chi connectivity index (χ2n) is 5.04. The van der Waals surface area contributed by atoms with Crippen molar-refractivity contribution >= 4 is 15.9 Å². The highest BCUT2D eigenvalue weighted by atomic mass is 79.9. The van der Waals surface area contributed by atoms with Gasteiger partial charge in [-0.2, -0.15) is 0 Å². The van der Waals surface area contributed by atoms with Crippen LogP contribution >= 0.6 is 15.9 Å². The van der Waals surface area contributed by atoms with Crippen molar-refractivity contribution in [2.45, 2.75) is 60.0 Å². The molecule has 0 amide bonds. The number of rotatable bonds is 5. The average Bonchev–Trinajstić information content (AvgIpc) is 2.56. The lowest BCUT2D eigenvalue weighted by molar-refractivity contribution is 0.0309. The Morgan fingerprint density at radius 3 is 2.50 bits per heavy atom. The highest BCUT2D eigenvalue weighted by Crippen LogP contribution is 2.31. The minimum absolute atomic E-state index is 0.279. The Morgan fingerprint density at radius 2 is 1.86 bits per heavy atom. The van der Waals surface area contributed by atoms with Gasteiger partial charge in [0.25, 0.3) is 0 Å². The predicted molar refractivity (Wildman–Crippen MR) is 102 cm³/mol. The van der Waals surface area contributed by atoms with Gasteiger partial charge in [0.2, 0.25) is 0 Å². The number of nitrogens with zero attached hydrogens (tertiary/aromatic N) is 1. The van der Waals surface area contributed by atoms with Crippen molar-refractivity contribution in [1.82, 2.24) is 4.90 Å². The molecule has 0 bridgehead atoms. The summed E-state index contributed by atoms with van der Waals surface area (Å²) in [6.45, 7) is 13.3. The number of ether oxygens (including phenoxy) is 1. The summed E-state index contributed by atoms with van der Waals surface area (Å²) < 4.78 is 7.10. The molecular weight excluding hydrogens is 338 g/mol. The molecule has 1 aliphatic rings. The molecule has 128 valence electrons. The highest BCUT2D eigenvalue weighted by molar-refractivity contribution is 9.10. The highest BCUT2D eigenvalue weighted by Gasteiger charge is 2.20. The van der Waals surface area contributed by atoms with E-state index >= 15 is 0 Å². The summed E-state index contributed by atoms with van der Waals surface area (Å²) in [5, 5.41) is 0. The molecule has 3 heteroatoms. The van der Waals surface area contributed by atoms with E-state index in [0.29, 0.717) is 0 Å². The van der Waals surface area contributed by atoms with E-state index in [4.69, 9.17) is 4.74 Å². The standard InChI is InChI=1S/C15H22BrNO.2C2H6/c1-3-8-17(2)9-6-15-14-5-4-13(16)11-12(14)7-10-18-15;2*1-2/h4-5,11,15H,3,6-10H2,1-2H3;2*1-2H3. The minimum atomic E-state index is 0.279. The number of hydrogen-bond acceptors (Lipinski definition) is 2. The van der Waals surface area contributed by atoms with Crippen molar-refractivity contribution in [1.29, 1.82) is 0 Å². The van der Waals surface area contributed by atoms with E-state index in [-0.39, 0.29) is 6.10 Å². The zero-order valence-corrected chi connectivity index (χ0v) is 16.9. The molecule has 0 aromatic heterocycles. The Morgan fingerprint density at radius 1 is 1.18 bits per heavy atom. The molecule has 1 aromatic rings. The van der Waals surface area contributed by atoms with Crippen molar-refractivity contribution in [2.75, 3.05) is 26.7 Å². The van der Waals surface area contributed by atoms with Crippen LogP contribution in [-0.4, -0.2) is 31.6 Å². The summed E-state index contributed by atoms with van der Waals surface area (Å²) in [4.78, 5) is 2.39. The van der Waals surface area contributed by atoms with Crippen molar-refractivity contribution in [3.63, 3.8) is 0 Å². The second-order valence-corrected chi connectivity index (χ2v) is 5.96. The molecule has 1 heterocycles. The van der Waals surface area contributed by atoms with Crippen molar-refractivity contribution in [2.24, 2.45) is 0 Å². The summed E-state index contributed by atoms with van der Waals surface area (Å²) in [6.07, 6.45) is 3.62. The summed E-state index contributed by atoms with van der Waals surface area (Å²) >= 11 is 3.54. The number of hydrogen-bond donors (Lipinski definition) is 0. The van der Waals surface area contributed by atoms with Gasteiger partial charge in [0.15, 0.2) is 0 Å². The smallest absolute Gasteiger partial charge is 0.0839 e. The summed E-state index contributed by atoms with van der Waals surface area (Å²) in [5.74, 6) is 0. The topological polar surface area (TPSA) is 12.5 Å². The van der Waals surface area contributed by atoms with Crippen molar-refractivity contribution in [3.8, 4) is 0 Å². The molecule has 1 unspecified atom stereocenters. The third-order valence-electron chi connectivity index (χ3n) is 3.52. The molecule has 0 radical (unpaired) electrons. The molecule has 0 saturated heterocycles. The Bertz CT molecular complexity index is 395. The van der Waals surface area contributed by atoms with Gasteiger partial charge < -0.3 is 9.64 Å². The van der Waals surface area contributed by atoms with Gasteiger partial charge in [-0.05, 0) is 56.1 Å². The van der Waals surface area contributed by atoms with Gasteiger partial charge in [-0.15, -0.1) is 0 Å². The van der Waals surface area contributed by atoms with Crippen LogP contribution in [0.5, 0.6) is 0 Å². The third-order valence-corrected chi connectivity index (χ3v) is 4.01. The van der Waals surface area contributed by atoms with Crippen LogP contribution in [0.2, 0.25) is 0 Å². The van der Waals surface area contributed by atoms with Crippen molar-refractivity contribution in [3.05, 3.63) is 33.8 Å². The van der Waals surface area contributed by atoms with E-state index in [2.05, 4.69) is 53.0 Å². The van der Waals surface area contributed by atoms with Crippen LogP contribution in [0.15, 0.2) is 22.7 Å². The molecule has 0 spiro atoms. The number of halogens is 1. The molecule has 0 saturated carbocycles. The van der Waals surface area contributed by atoms with Crippen LogP contribution in [0.3, 0.4) is 0 Å². The van der Waals surface area contributed by atoms with Crippen molar-refractivity contribution < 1.29 is 4.74 Å². The molecule has 0 aliphatic carbocycles. The van der Waals surface area contributed by atoms with E-state index in [1.165, 1.54) is 28.6 Å². The fourth-order valence-electron chi connectivity index (χ4n) is 2.58. The summed E-state index contributed by atoms with van der Waals surface area (Å²) in [7, 11) is 2.19. The molecule has 1 aliphatic heterocycles. The van der Waals surface area contributed by atoms with Crippen LogP contribution < -0.4 is 0 Å². The number of fused-ring (bicyclic) bond motifs is 1. The maximum Gasteiger partial charge on any atom is 0.0839 e. The monoisotopic (exact) mass is 371 g/mol. The lowest BCUT2D eigenvalue weighted by atomic mass is 9.96. The maximum absolute atomic E-state index is 5.93. The molecular formula is C19H34BrNO. The Kier molecular flexibility index (Phi) is 12.9. The first-order valence-corrected chi connectivity index (χ1v) is 9.58. The van der Waals surface area contributed by atoms with Gasteiger partial charge in [-0.25, -0.2) is 0 Å². The lowest BCUT2D eigenvalue weighted by Gasteiger charge is -2.28. The van der Waals surface area contributed by atoms with Gasteiger partial charge in [0.1, 0.15) is 0 Å². The van der Waals surface area contributed by atoms with Gasteiger partial charge >= 0.3 is 0 Å². The first-order valence-electron chi connectivity index (χ1n) is 8.79. The molecule has 1 atom stereocenters. The maximum atomic E-state index is 5.93. The Hall–Kier alpha value is -0.380. The van der Waals surface area contributed by atoms with Crippen LogP contribution in [0.4, 0.5) is 0 Å². The van der Waals surface area contributed by atoms with Crippen LogP contribution in [0.25, 0.3) is 0 Å².